The summed E-state index contributed by atoms with van der Waals surface area (Å²) in [5.74, 6) is 1.24. The van der Waals surface area contributed by atoms with Crippen molar-refractivity contribution in [3.05, 3.63) is 78.6 Å². The first-order valence-electron chi connectivity index (χ1n) is 14.0. The van der Waals surface area contributed by atoms with Crippen LogP contribution < -0.4 is 14.4 Å². The van der Waals surface area contributed by atoms with E-state index in [1.807, 2.05) is 48.5 Å². The second-order valence-corrected chi connectivity index (χ2v) is 12.6. The Labute approximate surface area is 247 Å². The Balaban J connectivity index is 1.47. The van der Waals surface area contributed by atoms with Gasteiger partial charge in [-0.2, -0.15) is 10.1 Å². The van der Waals surface area contributed by atoms with Crippen LogP contribution in [0.15, 0.2) is 78.0 Å². The maximum Gasteiger partial charge on any atom is 0.267 e. The fourth-order valence-corrected chi connectivity index (χ4v) is 5.56. The molecule has 0 saturated carbocycles. The normalized spacial score (nSPS) is 14.5. The predicted octanol–water partition coefficient (Wildman–Crippen LogP) is 5.28. The van der Waals surface area contributed by atoms with E-state index < -0.39 is 10.0 Å². The summed E-state index contributed by atoms with van der Waals surface area (Å²) in [5, 5.41) is 3.98. The van der Waals surface area contributed by atoms with Crippen molar-refractivity contribution in [2.75, 3.05) is 42.8 Å². The van der Waals surface area contributed by atoms with Crippen molar-refractivity contribution in [1.29, 1.82) is 0 Å². The summed E-state index contributed by atoms with van der Waals surface area (Å²) in [4.78, 5) is 13.7. The highest BCUT2D eigenvalue weighted by molar-refractivity contribution is 7.92. The minimum absolute atomic E-state index is 0.0120. The number of aromatic nitrogens is 4. The molecule has 1 fully saturated rings. The number of allylic oxidation sites excluding steroid dienone is 1. The molecule has 2 aromatic carbocycles. The minimum Gasteiger partial charge on any atom is -0.439 e. The minimum atomic E-state index is -3.97. The lowest BCUT2D eigenvalue weighted by Crippen LogP contribution is -2.44. The molecular weight excluding hydrogens is 550 g/mol. The molecule has 10 nitrogen and oxygen atoms in total. The molecule has 42 heavy (non-hydrogen) atoms. The molecule has 1 N–H and O–H groups in total. The highest BCUT2D eigenvalue weighted by Gasteiger charge is 2.20. The predicted molar refractivity (Wildman–Crippen MR) is 166 cm³/mol. The zero-order valence-electron chi connectivity index (χ0n) is 24.4. The average molecular weight is 588 g/mol. The molecule has 0 atom stereocenters. The maximum absolute atomic E-state index is 13.1. The number of ether oxygens (including phenoxy) is 1. The van der Waals surface area contributed by atoms with Crippen LogP contribution in [0, 0.1) is 5.92 Å². The molecule has 3 heterocycles. The van der Waals surface area contributed by atoms with Gasteiger partial charge >= 0.3 is 0 Å². The summed E-state index contributed by atoms with van der Waals surface area (Å²) in [7, 11) is -0.186. The molecule has 2 aromatic heterocycles. The van der Waals surface area contributed by atoms with Crippen LogP contribution in [0.4, 0.5) is 11.6 Å². The highest BCUT2D eigenvalue weighted by Crippen LogP contribution is 2.31. The van der Waals surface area contributed by atoms with Crippen LogP contribution in [-0.4, -0.2) is 66.3 Å². The van der Waals surface area contributed by atoms with Gasteiger partial charge in [0.25, 0.3) is 10.0 Å². The Bertz CT molecular complexity index is 1640. The number of anilines is 2. The van der Waals surface area contributed by atoms with Crippen LogP contribution in [-0.2, 0) is 17.1 Å². The smallest absolute Gasteiger partial charge is 0.267 e. The molecule has 0 aliphatic carbocycles. The lowest BCUT2D eigenvalue weighted by molar-refractivity contribution is 0.313. The van der Waals surface area contributed by atoms with Gasteiger partial charge in [-0.3, -0.25) is 4.68 Å². The summed E-state index contributed by atoms with van der Waals surface area (Å²) in [5.41, 5.74) is 3.45. The van der Waals surface area contributed by atoms with Crippen LogP contribution in [0.25, 0.3) is 17.3 Å². The SMILES string of the molecule is CC(C)C/C=C/c1ccccc1-c1cc(Oc2ccc(N3CCN(C)CC3)cc2)nc(NS(=O)(=O)c2cnn(C)c2)n1. The first-order chi connectivity index (χ1) is 20.2. The van der Waals surface area contributed by atoms with Crippen molar-refractivity contribution in [2.45, 2.75) is 25.2 Å². The van der Waals surface area contributed by atoms with Gasteiger partial charge in [0.05, 0.1) is 11.9 Å². The van der Waals surface area contributed by atoms with Crippen molar-refractivity contribution >= 4 is 27.7 Å². The molecule has 0 unspecified atom stereocenters. The zero-order chi connectivity index (χ0) is 29.7. The first-order valence-corrected chi connectivity index (χ1v) is 15.5. The van der Waals surface area contributed by atoms with Crippen molar-refractivity contribution in [2.24, 2.45) is 13.0 Å². The topological polar surface area (TPSA) is 105 Å². The number of sulfonamides is 1. The van der Waals surface area contributed by atoms with Crippen LogP contribution in [0.1, 0.15) is 25.8 Å². The lowest BCUT2D eigenvalue weighted by Gasteiger charge is -2.34. The number of nitrogens with one attached hydrogen (secondary N) is 1. The van der Waals surface area contributed by atoms with Gasteiger partial charge < -0.3 is 14.5 Å². The summed E-state index contributed by atoms with van der Waals surface area (Å²) in [6, 6.07) is 17.4. The third-order valence-corrected chi connectivity index (χ3v) is 8.27. The highest BCUT2D eigenvalue weighted by atomic mass is 32.2. The van der Waals surface area contributed by atoms with E-state index in [0.29, 0.717) is 17.4 Å². The molecule has 1 aliphatic rings. The molecule has 0 spiro atoms. The molecule has 0 bridgehead atoms. The number of nitrogens with zero attached hydrogens (tertiary/aromatic N) is 6. The van der Waals surface area contributed by atoms with Crippen molar-refractivity contribution in [3.8, 4) is 22.9 Å². The third kappa shape index (κ3) is 7.34. The molecule has 220 valence electrons. The Morgan fingerprint density at radius 2 is 1.74 bits per heavy atom. The molecule has 1 aliphatic heterocycles. The molecule has 5 rings (SSSR count). The monoisotopic (exact) mass is 587 g/mol. The Hall–Kier alpha value is -4.22. The number of hydrogen-bond acceptors (Lipinski definition) is 8. The van der Waals surface area contributed by atoms with Crippen LogP contribution in [0.2, 0.25) is 0 Å². The van der Waals surface area contributed by atoms with Gasteiger partial charge in [0.15, 0.2) is 0 Å². The van der Waals surface area contributed by atoms with Gasteiger partial charge in [-0.1, -0.05) is 50.3 Å². The zero-order valence-corrected chi connectivity index (χ0v) is 25.3. The number of rotatable bonds is 10. The Morgan fingerprint density at radius 3 is 2.43 bits per heavy atom. The van der Waals surface area contributed by atoms with Crippen LogP contribution in [0.3, 0.4) is 0 Å². The quantitative estimate of drug-likeness (QED) is 0.267. The van der Waals surface area contributed by atoms with Crippen LogP contribution >= 0.6 is 0 Å². The van der Waals surface area contributed by atoms with Crippen LogP contribution in [0.5, 0.6) is 11.6 Å². The van der Waals surface area contributed by atoms with E-state index in [2.05, 4.69) is 62.6 Å². The number of hydrogen-bond donors (Lipinski definition) is 1. The standard InChI is InChI=1S/C31H37N7O3S/c1-23(2)8-7-10-24-9-5-6-11-28(24)29-20-30(34-31(33-29)35-42(39,40)27-21-32-37(4)22-27)41-26-14-12-25(13-15-26)38-18-16-36(3)17-19-38/h5-7,9-15,20-23H,8,16-19H2,1-4H3,(H,33,34,35)/b10-7+. The molecule has 0 amide bonds. The van der Waals surface area contributed by atoms with E-state index >= 15 is 0 Å². The third-order valence-electron chi connectivity index (χ3n) is 6.99. The van der Waals surface area contributed by atoms with E-state index in [-0.39, 0.29) is 16.7 Å². The molecule has 1 saturated heterocycles. The maximum atomic E-state index is 13.1. The fraction of sp³-hybridized carbons (Fsp3) is 0.323. The van der Waals surface area contributed by atoms with Crippen molar-refractivity contribution in [1.82, 2.24) is 24.6 Å². The van der Waals surface area contributed by atoms with Crippen molar-refractivity contribution < 1.29 is 13.2 Å². The largest absolute Gasteiger partial charge is 0.439 e. The summed E-state index contributed by atoms with van der Waals surface area (Å²) in [6.45, 7) is 8.32. The van der Waals surface area contributed by atoms with E-state index in [1.165, 1.54) is 17.1 Å². The second kappa shape index (κ2) is 12.7. The number of aryl methyl sites for hydroxylation is 1. The van der Waals surface area contributed by atoms with E-state index in [4.69, 9.17) is 4.74 Å². The van der Waals surface area contributed by atoms with Crippen molar-refractivity contribution in [3.63, 3.8) is 0 Å². The van der Waals surface area contributed by atoms with Gasteiger partial charge in [0.1, 0.15) is 10.6 Å². The van der Waals surface area contributed by atoms with Gasteiger partial charge in [0, 0.05) is 56.7 Å². The summed E-state index contributed by atoms with van der Waals surface area (Å²) in [6.07, 6.45) is 7.83. The van der Waals surface area contributed by atoms with Gasteiger partial charge in [-0.15, -0.1) is 0 Å². The molecule has 11 heteroatoms. The fourth-order valence-electron chi connectivity index (χ4n) is 4.63. The average Bonchev–Trinajstić information content (AvgIpc) is 3.41. The summed E-state index contributed by atoms with van der Waals surface area (Å²) < 4.78 is 36.3. The second-order valence-electron chi connectivity index (χ2n) is 10.9. The first kappa shape index (κ1) is 29.3. The summed E-state index contributed by atoms with van der Waals surface area (Å²) >= 11 is 0. The van der Waals surface area contributed by atoms with Gasteiger partial charge in [-0.05, 0) is 49.2 Å². The number of benzene rings is 2. The molecular formula is C31H37N7O3S. The van der Waals surface area contributed by atoms with E-state index in [1.54, 1.807) is 13.1 Å². The number of piperazine rings is 1. The van der Waals surface area contributed by atoms with Gasteiger partial charge in [-0.25, -0.2) is 18.1 Å². The number of likely N-dealkylation sites (N-methyl/N-ethyl adjacent to an activating group) is 1. The molecule has 4 aromatic rings. The van der Waals surface area contributed by atoms with E-state index in [9.17, 15) is 8.42 Å². The Kier molecular flexibility index (Phi) is 8.89. The lowest BCUT2D eigenvalue weighted by atomic mass is 10.0. The van der Waals surface area contributed by atoms with E-state index in [0.717, 1.165) is 49.4 Å². The van der Waals surface area contributed by atoms with Gasteiger partial charge in [0.2, 0.25) is 11.8 Å². The molecule has 0 radical (unpaired) electrons. The Morgan fingerprint density at radius 1 is 1.00 bits per heavy atom.